The first kappa shape index (κ1) is 14.3. The smallest absolute Gasteiger partial charge is 0.184 e. The average Bonchev–Trinajstić information content (AvgIpc) is 2.38. The van der Waals surface area contributed by atoms with E-state index in [1.807, 2.05) is 0 Å². The molecule has 2 N–H and O–H groups in total. The van der Waals surface area contributed by atoms with Gasteiger partial charge in [-0.2, -0.15) is 0 Å². The number of methoxy groups -OCH3 is 1. The van der Waals surface area contributed by atoms with Gasteiger partial charge < -0.3 is 10.5 Å². The lowest BCUT2D eigenvalue weighted by atomic mass is 10.2. The molecule has 20 heavy (non-hydrogen) atoms. The van der Waals surface area contributed by atoms with Crippen LogP contribution in [-0.4, -0.2) is 20.5 Å². The largest absolute Gasteiger partial charge is 0.494 e. The second-order valence-corrected chi connectivity index (χ2v) is 6.10. The van der Waals surface area contributed by atoms with Crippen LogP contribution >= 0.6 is 0 Å². The fourth-order valence-electron chi connectivity index (χ4n) is 1.77. The van der Waals surface area contributed by atoms with Gasteiger partial charge in [-0.25, -0.2) is 12.8 Å². The fraction of sp³-hybridized carbons (Fsp3) is 0.154. The van der Waals surface area contributed by atoms with E-state index in [-0.39, 0.29) is 22.1 Å². The third-order valence-corrected chi connectivity index (χ3v) is 4.47. The highest BCUT2D eigenvalue weighted by atomic mass is 32.2. The molecule has 0 spiro atoms. The van der Waals surface area contributed by atoms with E-state index in [0.29, 0.717) is 5.56 Å². The van der Waals surface area contributed by atoms with Crippen LogP contribution in [0.4, 0.5) is 10.1 Å². The van der Waals surface area contributed by atoms with Crippen molar-refractivity contribution in [2.75, 3.05) is 12.8 Å². The number of sulfone groups is 1. The van der Waals surface area contributed by atoms with E-state index in [1.54, 1.807) is 0 Å². The molecule has 5 nitrogen and oxygen atoms in total. The van der Waals surface area contributed by atoms with Crippen LogP contribution in [-0.2, 0) is 15.6 Å². The molecule has 0 bridgehead atoms. The monoisotopic (exact) mass is 296 g/mol. The van der Waals surface area contributed by atoms with E-state index in [2.05, 4.69) is 4.98 Å². The molecule has 2 rings (SSSR count). The number of anilines is 1. The lowest BCUT2D eigenvalue weighted by Crippen LogP contribution is -2.08. The molecule has 0 amide bonds. The van der Waals surface area contributed by atoms with Gasteiger partial charge in [-0.3, -0.25) is 4.98 Å². The molecular weight excluding hydrogens is 283 g/mol. The van der Waals surface area contributed by atoms with E-state index in [1.165, 1.54) is 37.7 Å². The van der Waals surface area contributed by atoms with Gasteiger partial charge in [-0.15, -0.1) is 0 Å². The molecule has 0 saturated heterocycles. The number of nitrogens with zero attached hydrogens (tertiary/aromatic N) is 1. The maximum atomic E-state index is 13.6. The summed E-state index contributed by atoms with van der Waals surface area (Å²) in [4.78, 5) is 3.73. The van der Waals surface area contributed by atoms with Crippen LogP contribution in [0.15, 0.2) is 41.6 Å². The van der Waals surface area contributed by atoms with Gasteiger partial charge in [0, 0.05) is 6.20 Å². The standard InChI is InChI=1S/C13H13FN2O3S/c1-19-12-3-2-9(6-10(12)14)8-20(17,18)13-4-5-16-7-11(13)15/h2-7H,8,15H2,1H3. The molecule has 0 aliphatic rings. The summed E-state index contributed by atoms with van der Waals surface area (Å²) in [6.45, 7) is 0. The first-order valence-electron chi connectivity index (χ1n) is 5.68. The minimum absolute atomic E-state index is 0.0104. The Morgan fingerprint density at radius 2 is 2.10 bits per heavy atom. The Bertz CT molecular complexity index is 732. The van der Waals surface area contributed by atoms with E-state index < -0.39 is 15.7 Å². The van der Waals surface area contributed by atoms with Gasteiger partial charge >= 0.3 is 0 Å². The van der Waals surface area contributed by atoms with E-state index in [4.69, 9.17) is 10.5 Å². The van der Waals surface area contributed by atoms with Gasteiger partial charge in [-0.05, 0) is 23.8 Å². The van der Waals surface area contributed by atoms with Crippen molar-refractivity contribution in [2.45, 2.75) is 10.6 Å². The van der Waals surface area contributed by atoms with Crippen molar-refractivity contribution in [2.24, 2.45) is 0 Å². The third-order valence-electron chi connectivity index (χ3n) is 2.72. The Morgan fingerprint density at radius 1 is 1.35 bits per heavy atom. The lowest BCUT2D eigenvalue weighted by molar-refractivity contribution is 0.386. The Hall–Kier alpha value is -2.15. The number of aromatic nitrogens is 1. The van der Waals surface area contributed by atoms with Crippen molar-refractivity contribution in [1.82, 2.24) is 4.98 Å². The maximum Gasteiger partial charge on any atom is 0.184 e. The predicted octanol–water partition coefficient (Wildman–Crippen LogP) is 1.79. The quantitative estimate of drug-likeness (QED) is 0.930. The van der Waals surface area contributed by atoms with Crippen LogP contribution in [0.2, 0.25) is 0 Å². The molecule has 0 fully saturated rings. The number of halogens is 1. The number of rotatable bonds is 4. The molecule has 0 aliphatic carbocycles. The number of pyridine rings is 1. The van der Waals surface area contributed by atoms with Crippen molar-refractivity contribution in [3.63, 3.8) is 0 Å². The molecule has 106 valence electrons. The number of nitrogen functional groups attached to an aromatic ring is 1. The zero-order valence-corrected chi connectivity index (χ0v) is 11.5. The summed E-state index contributed by atoms with van der Waals surface area (Å²) >= 11 is 0. The van der Waals surface area contributed by atoms with Crippen LogP contribution < -0.4 is 10.5 Å². The van der Waals surface area contributed by atoms with Crippen LogP contribution in [0.1, 0.15) is 5.56 Å². The van der Waals surface area contributed by atoms with E-state index >= 15 is 0 Å². The van der Waals surface area contributed by atoms with E-state index in [0.717, 1.165) is 6.07 Å². The van der Waals surface area contributed by atoms with Crippen LogP contribution in [0.25, 0.3) is 0 Å². The summed E-state index contributed by atoms with van der Waals surface area (Å²) < 4.78 is 42.8. The van der Waals surface area contributed by atoms with Crippen molar-refractivity contribution in [1.29, 1.82) is 0 Å². The number of hydrogen-bond donors (Lipinski definition) is 1. The summed E-state index contributed by atoms with van der Waals surface area (Å²) in [5, 5.41) is 0. The third kappa shape index (κ3) is 2.88. The zero-order chi connectivity index (χ0) is 14.8. The SMILES string of the molecule is COc1ccc(CS(=O)(=O)c2ccncc2N)cc1F. The van der Waals surface area contributed by atoms with Gasteiger partial charge in [-0.1, -0.05) is 6.07 Å². The highest BCUT2D eigenvalue weighted by Crippen LogP contribution is 2.24. The number of ether oxygens (including phenoxy) is 1. The zero-order valence-electron chi connectivity index (χ0n) is 10.7. The Kier molecular flexibility index (Phi) is 3.89. The summed E-state index contributed by atoms with van der Waals surface area (Å²) in [5.74, 6) is -0.889. The molecule has 0 radical (unpaired) electrons. The highest BCUT2D eigenvalue weighted by molar-refractivity contribution is 7.90. The summed E-state index contributed by atoms with van der Waals surface area (Å²) in [5.41, 5.74) is 5.99. The molecule has 0 aliphatic heterocycles. The number of hydrogen-bond acceptors (Lipinski definition) is 5. The fourth-order valence-corrected chi connectivity index (χ4v) is 3.23. The Morgan fingerprint density at radius 3 is 2.70 bits per heavy atom. The van der Waals surface area contributed by atoms with Crippen molar-refractivity contribution in [3.8, 4) is 5.75 Å². The van der Waals surface area contributed by atoms with Crippen molar-refractivity contribution >= 4 is 15.5 Å². The average molecular weight is 296 g/mol. The number of benzene rings is 1. The van der Waals surface area contributed by atoms with Crippen LogP contribution in [0, 0.1) is 5.82 Å². The Balaban J connectivity index is 2.34. The summed E-state index contributed by atoms with van der Waals surface area (Å²) in [6, 6.07) is 5.34. The first-order valence-corrected chi connectivity index (χ1v) is 7.34. The number of nitrogens with two attached hydrogens (primary N) is 1. The van der Waals surface area contributed by atoms with Crippen molar-refractivity contribution < 1.29 is 17.5 Å². The van der Waals surface area contributed by atoms with Crippen LogP contribution in [0.5, 0.6) is 5.75 Å². The van der Waals surface area contributed by atoms with Gasteiger partial charge in [0.2, 0.25) is 0 Å². The molecule has 7 heteroatoms. The second kappa shape index (κ2) is 5.46. The molecular formula is C13H13FN2O3S. The molecule has 0 atom stereocenters. The molecule has 0 saturated carbocycles. The lowest BCUT2D eigenvalue weighted by Gasteiger charge is -2.08. The molecule has 1 aromatic heterocycles. The molecule has 0 unspecified atom stereocenters. The summed E-state index contributed by atoms with van der Waals surface area (Å²) in [7, 11) is -2.31. The second-order valence-electron chi connectivity index (χ2n) is 4.14. The highest BCUT2D eigenvalue weighted by Gasteiger charge is 2.19. The minimum Gasteiger partial charge on any atom is -0.494 e. The van der Waals surface area contributed by atoms with Gasteiger partial charge in [0.1, 0.15) is 0 Å². The first-order chi connectivity index (χ1) is 9.44. The van der Waals surface area contributed by atoms with Gasteiger partial charge in [0.15, 0.2) is 21.4 Å². The molecule has 1 heterocycles. The summed E-state index contributed by atoms with van der Waals surface area (Å²) in [6.07, 6.45) is 2.61. The van der Waals surface area contributed by atoms with E-state index in [9.17, 15) is 12.8 Å². The molecule has 2 aromatic rings. The van der Waals surface area contributed by atoms with Gasteiger partial charge in [0.05, 0.1) is 29.6 Å². The van der Waals surface area contributed by atoms with Gasteiger partial charge in [0.25, 0.3) is 0 Å². The topological polar surface area (TPSA) is 82.3 Å². The maximum absolute atomic E-state index is 13.6. The van der Waals surface area contributed by atoms with Crippen LogP contribution in [0.3, 0.4) is 0 Å². The van der Waals surface area contributed by atoms with Crippen molar-refractivity contribution in [3.05, 3.63) is 48.0 Å². The molecule has 1 aromatic carbocycles. The minimum atomic E-state index is -3.65. The predicted molar refractivity (Wildman–Crippen MR) is 72.5 cm³/mol. The normalized spacial score (nSPS) is 11.3. The Labute approximate surface area is 116 Å².